The van der Waals surface area contributed by atoms with Crippen LogP contribution in [0.2, 0.25) is 0 Å². The molecular weight excluding hydrogens is 370 g/mol. The van der Waals surface area contributed by atoms with E-state index in [0.717, 1.165) is 48.7 Å². The molecule has 0 spiro atoms. The van der Waals surface area contributed by atoms with Gasteiger partial charge >= 0.3 is 0 Å². The van der Waals surface area contributed by atoms with Gasteiger partial charge in [-0.2, -0.15) is 0 Å². The highest BCUT2D eigenvalue weighted by Gasteiger charge is 2.01. The highest BCUT2D eigenvalue weighted by molar-refractivity contribution is 5.55. The Labute approximate surface area is 177 Å². The summed E-state index contributed by atoms with van der Waals surface area (Å²) in [5.41, 5.74) is 4.73. The summed E-state index contributed by atoms with van der Waals surface area (Å²) in [6, 6.07) is 20.7. The lowest BCUT2D eigenvalue weighted by molar-refractivity contribution is 0.623. The van der Waals surface area contributed by atoms with Gasteiger partial charge in [0, 0.05) is 42.5 Å². The van der Waals surface area contributed by atoms with Gasteiger partial charge in [-0.1, -0.05) is 48.5 Å². The third-order valence-electron chi connectivity index (χ3n) is 4.95. The molecule has 5 heteroatoms. The van der Waals surface area contributed by atoms with Crippen molar-refractivity contribution in [3.63, 3.8) is 0 Å². The summed E-state index contributed by atoms with van der Waals surface area (Å²) in [5.74, 6) is 1.54. The molecule has 0 amide bonds. The Morgan fingerprint density at radius 1 is 0.567 bits per heavy atom. The maximum atomic E-state index is 4.29. The van der Waals surface area contributed by atoms with Gasteiger partial charge in [0.05, 0.1) is 0 Å². The van der Waals surface area contributed by atoms with Crippen molar-refractivity contribution < 1.29 is 0 Å². The van der Waals surface area contributed by atoms with Crippen LogP contribution in [0.4, 0.5) is 0 Å². The van der Waals surface area contributed by atoms with Gasteiger partial charge in [-0.25, -0.2) is 19.9 Å². The van der Waals surface area contributed by atoms with E-state index in [1.807, 2.05) is 12.1 Å². The van der Waals surface area contributed by atoms with E-state index >= 15 is 0 Å². The number of aromatic nitrogens is 4. The van der Waals surface area contributed by atoms with Crippen molar-refractivity contribution in [1.29, 1.82) is 0 Å². The van der Waals surface area contributed by atoms with E-state index in [1.165, 1.54) is 17.5 Å². The van der Waals surface area contributed by atoms with E-state index in [1.54, 1.807) is 24.8 Å². The summed E-state index contributed by atoms with van der Waals surface area (Å²) in [5, 5.41) is 3.53. The minimum atomic E-state index is 0.765. The number of rotatable bonds is 9. The molecule has 0 saturated heterocycles. The molecule has 4 aromatic rings. The predicted octanol–water partition coefficient (Wildman–Crippen LogP) is 4.71. The van der Waals surface area contributed by atoms with Gasteiger partial charge in [-0.3, -0.25) is 0 Å². The Morgan fingerprint density at radius 2 is 1.07 bits per heavy atom. The number of aryl methyl sites for hydroxylation is 1. The molecule has 5 nitrogen and oxygen atoms in total. The monoisotopic (exact) mass is 395 g/mol. The van der Waals surface area contributed by atoms with Gasteiger partial charge < -0.3 is 5.32 Å². The number of unbranched alkanes of at least 4 members (excludes halogenated alkanes) is 1. The van der Waals surface area contributed by atoms with Crippen LogP contribution in [0, 0.1) is 0 Å². The lowest BCUT2D eigenvalue weighted by Crippen LogP contribution is -2.14. The highest BCUT2D eigenvalue weighted by Crippen LogP contribution is 2.16. The third kappa shape index (κ3) is 5.55. The molecule has 2 heterocycles. The first-order chi connectivity index (χ1) is 14.9. The Hall–Kier alpha value is -3.44. The van der Waals surface area contributed by atoms with Crippen LogP contribution in [0.15, 0.2) is 85.5 Å². The maximum Gasteiger partial charge on any atom is 0.159 e. The standard InChI is InChI=1S/C25H25N5/c1(5-20-6-10-22(11-7-20)24-27-15-3-16-28-24)2-14-26-19-21-8-12-23(13-9-21)25-29-17-4-18-30-25/h3-4,6-13,15-18,26H,1-2,5,14,19H2. The van der Waals surface area contributed by atoms with Crippen LogP contribution >= 0.6 is 0 Å². The molecule has 4 rings (SSSR count). The van der Waals surface area contributed by atoms with Gasteiger partial charge in [-0.15, -0.1) is 0 Å². The van der Waals surface area contributed by atoms with Crippen molar-refractivity contribution >= 4 is 0 Å². The largest absolute Gasteiger partial charge is 0.313 e. The zero-order valence-corrected chi connectivity index (χ0v) is 16.9. The average molecular weight is 396 g/mol. The Morgan fingerprint density at radius 3 is 1.60 bits per heavy atom. The predicted molar refractivity (Wildman–Crippen MR) is 120 cm³/mol. The van der Waals surface area contributed by atoms with Gasteiger partial charge in [0.25, 0.3) is 0 Å². The van der Waals surface area contributed by atoms with Crippen molar-refractivity contribution in [3.05, 3.63) is 96.6 Å². The summed E-state index contributed by atoms with van der Waals surface area (Å²) in [6.07, 6.45) is 10.5. The number of hydrogen-bond acceptors (Lipinski definition) is 5. The van der Waals surface area contributed by atoms with Crippen molar-refractivity contribution in [2.75, 3.05) is 6.54 Å². The molecule has 0 fully saturated rings. The van der Waals surface area contributed by atoms with Crippen molar-refractivity contribution in [3.8, 4) is 22.8 Å². The molecule has 0 bridgehead atoms. The SMILES string of the molecule is c1cnc(-c2ccc(CCCCNCc3ccc(-c4ncccn4)cc3)cc2)nc1. The summed E-state index contributed by atoms with van der Waals surface area (Å²) in [6.45, 7) is 1.89. The molecule has 0 aliphatic rings. The molecule has 0 atom stereocenters. The quantitative estimate of drug-likeness (QED) is 0.416. The first kappa shape index (κ1) is 19.9. The van der Waals surface area contributed by atoms with E-state index in [-0.39, 0.29) is 0 Å². The Balaban J connectivity index is 1.15. The minimum Gasteiger partial charge on any atom is -0.313 e. The van der Waals surface area contributed by atoms with Crippen LogP contribution in [-0.4, -0.2) is 26.5 Å². The molecule has 0 aliphatic heterocycles. The summed E-state index contributed by atoms with van der Waals surface area (Å²) >= 11 is 0. The first-order valence-corrected chi connectivity index (χ1v) is 10.3. The third-order valence-corrected chi connectivity index (χ3v) is 4.95. The normalized spacial score (nSPS) is 10.8. The number of nitrogens with zero attached hydrogens (tertiary/aromatic N) is 4. The van der Waals surface area contributed by atoms with Crippen LogP contribution in [0.3, 0.4) is 0 Å². The summed E-state index contributed by atoms with van der Waals surface area (Å²) in [7, 11) is 0. The van der Waals surface area contributed by atoms with Gasteiger partial charge in [0.2, 0.25) is 0 Å². The first-order valence-electron chi connectivity index (χ1n) is 10.3. The highest BCUT2D eigenvalue weighted by atomic mass is 14.9. The van der Waals surface area contributed by atoms with Crippen molar-refractivity contribution in [1.82, 2.24) is 25.3 Å². The second-order valence-corrected chi connectivity index (χ2v) is 7.17. The van der Waals surface area contributed by atoms with Gasteiger partial charge in [0.15, 0.2) is 11.6 Å². The van der Waals surface area contributed by atoms with E-state index in [2.05, 4.69) is 73.8 Å². The second kappa shape index (κ2) is 10.4. The average Bonchev–Trinajstić information content (AvgIpc) is 2.83. The van der Waals surface area contributed by atoms with Crippen LogP contribution in [0.5, 0.6) is 0 Å². The lowest BCUT2D eigenvalue weighted by atomic mass is 10.1. The molecule has 0 unspecified atom stereocenters. The van der Waals surface area contributed by atoms with E-state index in [0.29, 0.717) is 0 Å². The molecule has 1 N–H and O–H groups in total. The molecule has 30 heavy (non-hydrogen) atoms. The van der Waals surface area contributed by atoms with Gasteiger partial charge in [0.1, 0.15) is 0 Å². The molecule has 150 valence electrons. The zero-order valence-electron chi connectivity index (χ0n) is 16.9. The van der Waals surface area contributed by atoms with E-state index < -0.39 is 0 Å². The fraction of sp³-hybridized carbons (Fsp3) is 0.200. The smallest absolute Gasteiger partial charge is 0.159 e. The van der Waals surface area contributed by atoms with E-state index in [4.69, 9.17) is 0 Å². The fourth-order valence-corrected chi connectivity index (χ4v) is 3.30. The van der Waals surface area contributed by atoms with E-state index in [9.17, 15) is 0 Å². The summed E-state index contributed by atoms with van der Waals surface area (Å²) in [4.78, 5) is 17.2. The molecule has 0 aliphatic carbocycles. The number of benzene rings is 2. The molecule has 2 aromatic heterocycles. The topological polar surface area (TPSA) is 63.6 Å². The molecule has 0 radical (unpaired) electrons. The minimum absolute atomic E-state index is 0.765. The summed E-state index contributed by atoms with van der Waals surface area (Å²) < 4.78 is 0. The maximum absolute atomic E-state index is 4.29. The molecule has 0 saturated carbocycles. The lowest BCUT2D eigenvalue weighted by Gasteiger charge is -2.07. The Bertz CT molecular complexity index is 930. The van der Waals surface area contributed by atoms with Crippen molar-refractivity contribution in [2.24, 2.45) is 0 Å². The van der Waals surface area contributed by atoms with Crippen molar-refractivity contribution in [2.45, 2.75) is 25.8 Å². The molecule has 2 aromatic carbocycles. The van der Waals surface area contributed by atoms with Crippen LogP contribution in [0.25, 0.3) is 22.8 Å². The fourth-order valence-electron chi connectivity index (χ4n) is 3.30. The Kier molecular flexibility index (Phi) is 6.86. The van der Waals surface area contributed by atoms with Crippen LogP contribution < -0.4 is 5.32 Å². The van der Waals surface area contributed by atoms with Crippen LogP contribution in [0.1, 0.15) is 24.0 Å². The zero-order chi connectivity index (χ0) is 20.4. The van der Waals surface area contributed by atoms with Gasteiger partial charge in [-0.05, 0) is 49.1 Å². The number of hydrogen-bond donors (Lipinski definition) is 1. The molecular formula is C25H25N5. The second-order valence-electron chi connectivity index (χ2n) is 7.17. The van der Waals surface area contributed by atoms with Crippen LogP contribution in [-0.2, 0) is 13.0 Å². The number of nitrogens with one attached hydrogen (secondary N) is 1.